The fourth-order valence-electron chi connectivity index (χ4n) is 2.16. The molecule has 0 bridgehead atoms. The zero-order valence-electron chi connectivity index (χ0n) is 14.6. The summed E-state index contributed by atoms with van der Waals surface area (Å²) in [6.45, 7) is 1.37. The van der Waals surface area contributed by atoms with Crippen molar-refractivity contribution in [1.29, 1.82) is 0 Å². The van der Waals surface area contributed by atoms with E-state index in [1.54, 1.807) is 6.92 Å². The number of hydrogen-bond donors (Lipinski definition) is 4. The second-order valence-electron chi connectivity index (χ2n) is 5.45. The summed E-state index contributed by atoms with van der Waals surface area (Å²) in [5.41, 5.74) is -1.57. The van der Waals surface area contributed by atoms with Crippen molar-refractivity contribution < 1.29 is 32.0 Å². The molecule has 4 amide bonds. The van der Waals surface area contributed by atoms with E-state index in [9.17, 15) is 27.6 Å². The Morgan fingerprint density at radius 1 is 1.14 bits per heavy atom. The number of rotatable bonds is 6. The van der Waals surface area contributed by atoms with Crippen LogP contribution in [-0.2, 0) is 11.0 Å². The molecule has 4 N–H and O–H groups in total. The minimum Gasteiger partial charge on any atom is -0.459 e. The van der Waals surface area contributed by atoms with Crippen LogP contribution in [-0.4, -0.2) is 30.9 Å². The molecule has 28 heavy (non-hydrogen) atoms. The summed E-state index contributed by atoms with van der Waals surface area (Å²) in [4.78, 5) is 34.8. The van der Waals surface area contributed by atoms with Gasteiger partial charge in [-0.2, -0.15) is 13.2 Å². The summed E-state index contributed by atoms with van der Waals surface area (Å²) in [5.74, 6) is -1.58. The Hall–Kier alpha value is -3.50. The molecule has 0 aliphatic rings. The van der Waals surface area contributed by atoms with Gasteiger partial charge >= 0.3 is 12.2 Å². The zero-order chi connectivity index (χ0) is 20.7. The maximum Gasteiger partial charge on any atom is 0.418 e. The van der Waals surface area contributed by atoms with E-state index in [4.69, 9.17) is 4.42 Å². The van der Waals surface area contributed by atoms with Crippen molar-refractivity contribution in [2.75, 3.05) is 23.7 Å². The number of hydrogen-bond acceptors (Lipinski definition) is 5. The highest BCUT2D eigenvalue weighted by molar-refractivity contribution is 6.02. The maximum absolute atomic E-state index is 13.3. The van der Waals surface area contributed by atoms with Crippen LogP contribution in [0.15, 0.2) is 41.0 Å². The van der Waals surface area contributed by atoms with E-state index in [-0.39, 0.29) is 23.7 Å². The van der Waals surface area contributed by atoms with Crippen LogP contribution in [0.3, 0.4) is 0 Å². The van der Waals surface area contributed by atoms with Gasteiger partial charge < -0.3 is 20.4 Å². The van der Waals surface area contributed by atoms with E-state index in [2.05, 4.69) is 16.0 Å². The molecule has 0 aliphatic heterocycles. The average molecular weight is 398 g/mol. The molecule has 0 aliphatic carbocycles. The minimum absolute atomic E-state index is 0.0576. The highest BCUT2D eigenvalue weighted by Gasteiger charge is 2.34. The molecule has 8 nitrogen and oxygen atoms in total. The third-order valence-electron chi connectivity index (χ3n) is 3.36. The number of carbonyl (C=O) groups is 3. The molecule has 0 radical (unpaired) electrons. The Morgan fingerprint density at radius 2 is 1.89 bits per heavy atom. The number of halogens is 3. The van der Waals surface area contributed by atoms with Gasteiger partial charge in [-0.15, -0.1) is 0 Å². The smallest absolute Gasteiger partial charge is 0.418 e. The quantitative estimate of drug-likeness (QED) is 0.598. The van der Waals surface area contributed by atoms with Gasteiger partial charge in [0, 0.05) is 17.9 Å². The molecule has 0 saturated heterocycles. The van der Waals surface area contributed by atoms with Crippen LogP contribution in [0.5, 0.6) is 0 Å². The number of nitrogens with one attached hydrogen (secondary N) is 4. The van der Waals surface area contributed by atoms with Crippen LogP contribution in [0.25, 0.3) is 0 Å². The first-order valence-electron chi connectivity index (χ1n) is 8.08. The van der Waals surface area contributed by atoms with Gasteiger partial charge in [-0.1, -0.05) is 0 Å². The molecule has 1 aromatic heterocycles. The molecular weight excluding hydrogens is 381 g/mol. The van der Waals surface area contributed by atoms with Crippen LogP contribution < -0.4 is 21.3 Å². The molecule has 0 unspecified atom stereocenters. The fraction of sp³-hybridized carbons (Fsp3) is 0.235. The van der Waals surface area contributed by atoms with Gasteiger partial charge in [-0.3, -0.25) is 14.9 Å². The number of carbonyl (C=O) groups excluding carboxylic acids is 3. The van der Waals surface area contributed by atoms with Gasteiger partial charge in [0.1, 0.15) is 0 Å². The Balaban J connectivity index is 2.11. The minimum atomic E-state index is -4.75. The first kappa shape index (κ1) is 20.8. The summed E-state index contributed by atoms with van der Waals surface area (Å²) >= 11 is 0. The lowest BCUT2D eigenvalue weighted by Crippen LogP contribution is -2.41. The molecule has 2 rings (SSSR count). The van der Waals surface area contributed by atoms with Gasteiger partial charge in [0.15, 0.2) is 5.76 Å². The van der Waals surface area contributed by atoms with E-state index in [1.807, 2.05) is 5.32 Å². The molecule has 1 heterocycles. The van der Waals surface area contributed by atoms with E-state index in [1.165, 1.54) is 24.5 Å². The Morgan fingerprint density at radius 3 is 2.50 bits per heavy atom. The van der Waals surface area contributed by atoms with Crippen LogP contribution in [0, 0.1) is 0 Å². The van der Waals surface area contributed by atoms with Gasteiger partial charge in [0.25, 0.3) is 5.91 Å². The summed E-state index contributed by atoms with van der Waals surface area (Å²) < 4.78 is 44.9. The van der Waals surface area contributed by atoms with Crippen LogP contribution in [0.2, 0.25) is 0 Å². The SMILES string of the molecule is CCNC(=O)NC(=O)CNc1ccc(NC(=O)c2ccco2)cc1C(F)(F)F. The van der Waals surface area contributed by atoms with Gasteiger partial charge in [0.05, 0.1) is 18.4 Å². The number of benzene rings is 1. The predicted molar refractivity (Wildman–Crippen MR) is 93.8 cm³/mol. The van der Waals surface area contributed by atoms with Crippen LogP contribution >= 0.6 is 0 Å². The Bertz CT molecular complexity index is 851. The van der Waals surface area contributed by atoms with E-state index in [0.717, 1.165) is 12.1 Å². The first-order valence-corrected chi connectivity index (χ1v) is 8.08. The second-order valence-corrected chi connectivity index (χ2v) is 5.45. The lowest BCUT2D eigenvalue weighted by atomic mass is 10.1. The second kappa shape index (κ2) is 8.93. The molecule has 150 valence electrons. The lowest BCUT2D eigenvalue weighted by Gasteiger charge is -2.16. The predicted octanol–water partition coefficient (Wildman–Crippen LogP) is 2.81. The zero-order valence-corrected chi connectivity index (χ0v) is 14.6. The van der Waals surface area contributed by atoms with Crippen molar-refractivity contribution >= 4 is 29.2 Å². The van der Waals surface area contributed by atoms with Crippen molar-refractivity contribution in [3.8, 4) is 0 Å². The normalized spacial score (nSPS) is 10.9. The van der Waals surface area contributed by atoms with Crippen molar-refractivity contribution in [2.24, 2.45) is 0 Å². The number of amides is 4. The largest absolute Gasteiger partial charge is 0.459 e. The Labute approximate surface area is 157 Å². The van der Waals surface area contributed by atoms with E-state index in [0.29, 0.717) is 0 Å². The number of alkyl halides is 3. The molecule has 0 fully saturated rings. The molecule has 1 aromatic carbocycles. The van der Waals surface area contributed by atoms with Crippen molar-refractivity contribution in [2.45, 2.75) is 13.1 Å². The maximum atomic E-state index is 13.3. The molecule has 2 aromatic rings. The molecule has 0 saturated carbocycles. The van der Waals surface area contributed by atoms with Crippen molar-refractivity contribution in [1.82, 2.24) is 10.6 Å². The summed E-state index contributed by atoms with van der Waals surface area (Å²) in [6, 6.07) is 5.12. The summed E-state index contributed by atoms with van der Waals surface area (Å²) in [7, 11) is 0. The lowest BCUT2D eigenvalue weighted by molar-refractivity contribution is -0.137. The fourth-order valence-corrected chi connectivity index (χ4v) is 2.16. The third-order valence-corrected chi connectivity index (χ3v) is 3.36. The topological polar surface area (TPSA) is 112 Å². The first-order chi connectivity index (χ1) is 13.2. The van der Waals surface area contributed by atoms with E-state index >= 15 is 0 Å². The number of anilines is 2. The van der Waals surface area contributed by atoms with Crippen LogP contribution in [0.4, 0.5) is 29.3 Å². The third kappa shape index (κ3) is 5.76. The highest BCUT2D eigenvalue weighted by Crippen LogP contribution is 2.36. The standard InChI is InChI=1S/C17H17F3N4O4/c1-2-21-16(27)24-14(25)9-22-12-6-5-10(8-11(12)17(18,19)20)23-15(26)13-4-3-7-28-13/h3-8,22H,2,9H2,1H3,(H,23,26)(H2,21,24,25,27). The number of urea groups is 1. The molecule has 11 heteroatoms. The van der Waals surface area contributed by atoms with Crippen molar-refractivity contribution in [3.63, 3.8) is 0 Å². The van der Waals surface area contributed by atoms with Gasteiger partial charge in [-0.05, 0) is 37.3 Å². The Kier molecular flexibility index (Phi) is 6.64. The van der Waals surface area contributed by atoms with Gasteiger partial charge in [0.2, 0.25) is 5.91 Å². The molecule has 0 spiro atoms. The van der Waals surface area contributed by atoms with Crippen molar-refractivity contribution in [3.05, 3.63) is 47.9 Å². The van der Waals surface area contributed by atoms with E-state index < -0.39 is 36.1 Å². The number of imide groups is 1. The van der Waals surface area contributed by atoms with Gasteiger partial charge in [-0.25, -0.2) is 4.79 Å². The number of furan rings is 1. The summed E-state index contributed by atoms with van der Waals surface area (Å²) in [5, 5.41) is 8.91. The van der Waals surface area contributed by atoms with Crippen LogP contribution in [0.1, 0.15) is 23.0 Å². The molecular formula is C17H17F3N4O4. The summed E-state index contributed by atoms with van der Waals surface area (Å²) in [6.07, 6.45) is -3.49. The highest BCUT2D eigenvalue weighted by atomic mass is 19.4. The average Bonchev–Trinajstić information content (AvgIpc) is 3.14. The molecule has 0 atom stereocenters. The monoisotopic (exact) mass is 398 g/mol.